The van der Waals surface area contributed by atoms with Gasteiger partial charge < -0.3 is 10.8 Å². The van der Waals surface area contributed by atoms with Gasteiger partial charge in [0.05, 0.1) is 15.9 Å². The van der Waals surface area contributed by atoms with E-state index in [1.807, 2.05) is 0 Å². The summed E-state index contributed by atoms with van der Waals surface area (Å²) in [5.74, 6) is -0.952. The number of aryl methyl sites for hydroxylation is 1. The van der Waals surface area contributed by atoms with Crippen molar-refractivity contribution in [1.82, 2.24) is 8.96 Å². The van der Waals surface area contributed by atoms with Crippen LogP contribution in [-0.2, 0) is 27.8 Å². The molecule has 0 spiro atoms. The van der Waals surface area contributed by atoms with Gasteiger partial charge in [-0.2, -0.15) is 0 Å². The summed E-state index contributed by atoms with van der Waals surface area (Å²) < 4.78 is 28.2. The third kappa shape index (κ3) is 3.86. The topological polar surface area (TPSA) is 115 Å². The van der Waals surface area contributed by atoms with Crippen LogP contribution in [0.15, 0.2) is 41.3 Å². The van der Waals surface area contributed by atoms with E-state index in [1.165, 1.54) is 16.1 Å². The molecule has 0 aliphatic rings. The van der Waals surface area contributed by atoms with E-state index in [0.29, 0.717) is 22.3 Å². The lowest BCUT2D eigenvalue weighted by Gasteiger charge is -2.15. The molecule has 3 aromatic rings. The number of pyridine rings is 1. The standard InChI is InChI=1S/C18H17Cl2N3O4S/c19-13-4-2-5-16(12(13)10-21)28(26,27)23-11(3-1-6-18(24)25)9-14-15(23)7-8-17(20)22-14/h2,4-5,7-9H,1,3,6,10,21H2,(H,24,25). The van der Waals surface area contributed by atoms with E-state index >= 15 is 0 Å². The maximum absolute atomic E-state index is 13.5. The number of fused-ring (bicyclic) bond motifs is 1. The maximum Gasteiger partial charge on any atom is 0.303 e. The van der Waals surface area contributed by atoms with Crippen LogP contribution in [-0.4, -0.2) is 28.5 Å². The van der Waals surface area contributed by atoms with Crippen LogP contribution in [0.5, 0.6) is 0 Å². The minimum atomic E-state index is -4.06. The number of carboxylic acids is 1. The molecule has 0 fully saturated rings. The smallest absolute Gasteiger partial charge is 0.303 e. The highest BCUT2D eigenvalue weighted by atomic mass is 35.5. The molecule has 3 N–H and O–H groups in total. The molecule has 0 unspecified atom stereocenters. The van der Waals surface area contributed by atoms with E-state index in [1.54, 1.807) is 24.3 Å². The first-order valence-electron chi connectivity index (χ1n) is 8.37. The minimum Gasteiger partial charge on any atom is -0.481 e. The van der Waals surface area contributed by atoms with Gasteiger partial charge in [-0.25, -0.2) is 17.4 Å². The number of nitrogens with zero attached hydrogens (tertiary/aromatic N) is 2. The monoisotopic (exact) mass is 441 g/mol. The molecule has 0 saturated heterocycles. The molecule has 0 bridgehead atoms. The van der Waals surface area contributed by atoms with Crippen LogP contribution < -0.4 is 5.73 Å². The molecule has 3 rings (SSSR count). The summed E-state index contributed by atoms with van der Waals surface area (Å²) in [7, 11) is -4.06. The zero-order valence-electron chi connectivity index (χ0n) is 14.6. The molecule has 0 atom stereocenters. The van der Waals surface area contributed by atoms with Gasteiger partial charge >= 0.3 is 5.97 Å². The first-order chi connectivity index (χ1) is 13.3. The van der Waals surface area contributed by atoms with Crippen LogP contribution in [0.2, 0.25) is 10.2 Å². The molecular weight excluding hydrogens is 425 g/mol. The fourth-order valence-electron chi connectivity index (χ4n) is 3.05. The van der Waals surface area contributed by atoms with Gasteiger partial charge in [-0.05, 0) is 43.2 Å². The molecule has 2 heterocycles. The Balaban J connectivity index is 2.22. The van der Waals surface area contributed by atoms with Crippen LogP contribution in [0.3, 0.4) is 0 Å². The lowest BCUT2D eigenvalue weighted by atomic mass is 10.2. The number of hydrogen-bond donors (Lipinski definition) is 2. The van der Waals surface area contributed by atoms with Crippen LogP contribution in [0.1, 0.15) is 24.1 Å². The van der Waals surface area contributed by atoms with E-state index in [-0.39, 0.29) is 40.9 Å². The number of halogens is 2. The summed E-state index contributed by atoms with van der Waals surface area (Å²) in [5.41, 5.74) is 7.20. The quantitative estimate of drug-likeness (QED) is 0.542. The normalized spacial score (nSPS) is 11.8. The predicted molar refractivity (Wildman–Crippen MR) is 107 cm³/mol. The summed E-state index contributed by atoms with van der Waals surface area (Å²) in [6.45, 7) is -0.0497. The van der Waals surface area contributed by atoms with Crippen molar-refractivity contribution in [3.8, 4) is 0 Å². The zero-order chi connectivity index (χ0) is 20.5. The average Bonchev–Trinajstić information content (AvgIpc) is 2.99. The third-order valence-electron chi connectivity index (χ3n) is 4.27. The molecule has 28 heavy (non-hydrogen) atoms. The molecule has 0 amide bonds. The van der Waals surface area contributed by atoms with Gasteiger partial charge in [0, 0.05) is 29.2 Å². The number of carbonyl (C=O) groups is 1. The first kappa shape index (κ1) is 20.6. The molecule has 2 aromatic heterocycles. The summed E-state index contributed by atoms with van der Waals surface area (Å²) in [6, 6.07) is 9.23. The fourth-order valence-corrected chi connectivity index (χ4v) is 5.33. The van der Waals surface area contributed by atoms with Gasteiger partial charge in [-0.3, -0.25) is 4.79 Å². The van der Waals surface area contributed by atoms with Gasteiger partial charge in [0.1, 0.15) is 5.15 Å². The van der Waals surface area contributed by atoms with E-state index < -0.39 is 16.0 Å². The van der Waals surface area contributed by atoms with Crippen molar-refractivity contribution in [2.45, 2.75) is 30.7 Å². The SMILES string of the molecule is NCc1c(Cl)cccc1S(=O)(=O)n1c(CCCC(=O)O)cc2nc(Cl)ccc21. The Bertz CT molecular complexity index is 1160. The Labute approximate surface area is 171 Å². The van der Waals surface area contributed by atoms with Crippen molar-refractivity contribution >= 4 is 50.2 Å². The minimum absolute atomic E-state index is 0.00515. The van der Waals surface area contributed by atoms with Gasteiger partial charge in [0.2, 0.25) is 0 Å². The largest absolute Gasteiger partial charge is 0.481 e. The molecule has 0 aliphatic carbocycles. The fraction of sp³-hybridized carbons (Fsp3) is 0.222. The van der Waals surface area contributed by atoms with E-state index in [4.69, 9.17) is 34.0 Å². The molecule has 148 valence electrons. The van der Waals surface area contributed by atoms with Gasteiger partial charge in [-0.15, -0.1) is 0 Å². The predicted octanol–water partition coefficient (Wildman–Crippen LogP) is 3.45. The first-order valence-corrected chi connectivity index (χ1v) is 10.6. The van der Waals surface area contributed by atoms with Crippen molar-refractivity contribution in [3.05, 3.63) is 57.8 Å². The molecule has 1 aromatic carbocycles. The Morgan fingerprint density at radius 1 is 1.21 bits per heavy atom. The number of aliphatic carboxylic acids is 1. The van der Waals surface area contributed by atoms with Gasteiger partial charge in [0.25, 0.3) is 10.0 Å². The molecule has 0 radical (unpaired) electrons. The third-order valence-corrected chi connectivity index (χ3v) is 6.69. The van der Waals surface area contributed by atoms with Crippen molar-refractivity contribution in [3.63, 3.8) is 0 Å². The lowest BCUT2D eigenvalue weighted by Crippen LogP contribution is -2.19. The van der Waals surface area contributed by atoms with E-state index in [9.17, 15) is 13.2 Å². The van der Waals surface area contributed by atoms with E-state index in [2.05, 4.69) is 4.98 Å². The van der Waals surface area contributed by atoms with Crippen molar-refractivity contribution in [1.29, 1.82) is 0 Å². The number of benzene rings is 1. The zero-order valence-corrected chi connectivity index (χ0v) is 16.9. The maximum atomic E-state index is 13.5. The number of carboxylic acid groups (broad SMARTS) is 1. The van der Waals surface area contributed by atoms with Crippen LogP contribution in [0, 0.1) is 0 Å². The van der Waals surface area contributed by atoms with Crippen molar-refractivity contribution < 1.29 is 18.3 Å². The Kier molecular flexibility index (Phi) is 5.95. The molecule has 10 heteroatoms. The summed E-state index contributed by atoms with van der Waals surface area (Å²) >= 11 is 12.1. The summed E-state index contributed by atoms with van der Waals surface area (Å²) in [5, 5.41) is 9.37. The van der Waals surface area contributed by atoms with E-state index in [0.717, 1.165) is 0 Å². The highest BCUT2D eigenvalue weighted by Gasteiger charge is 2.26. The highest BCUT2D eigenvalue weighted by molar-refractivity contribution is 7.90. The number of aromatic nitrogens is 2. The Morgan fingerprint density at radius 3 is 2.64 bits per heavy atom. The summed E-state index contributed by atoms with van der Waals surface area (Å²) in [4.78, 5) is 15.0. The van der Waals surface area contributed by atoms with Crippen LogP contribution in [0.4, 0.5) is 0 Å². The number of hydrogen-bond acceptors (Lipinski definition) is 5. The highest BCUT2D eigenvalue weighted by Crippen LogP contribution is 2.30. The second kappa shape index (κ2) is 8.08. The van der Waals surface area contributed by atoms with Crippen molar-refractivity contribution in [2.75, 3.05) is 0 Å². The van der Waals surface area contributed by atoms with Gasteiger partial charge in [0.15, 0.2) is 0 Å². The molecule has 0 saturated carbocycles. The second-order valence-corrected chi connectivity index (χ2v) is 8.66. The Hall–Kier alpha value is -2.13. The lowest BCUT2D eigenvalue weighted by molar-refractivity contribution is -0.137. The van der Waals surface area contributed by atoms with Crippen LogP contribution >= 0.6 is 23.2 Å². The Morgan fingerprint density at radius 2 is 1.96 bits per heavy atom. The van der Waals surface area contributed by atoms with Crippen molar-refractivity contribution in [2.24, 2.45) is 5.73 Å². The molecule has 0 aliphatic heterocycles. The number of nitrogens with two attached hydrogens (primary N) is 1. The van der Waals surface area contributed by atoms with Gasteiger partial charge in [-0.1, -0.05) is 29.3 Å². The summed E-state index contributed by atoms with van der Waals surface area (Å²) in [6.07, 6.45) is 0.424. The average molecular weight is 442 g/mol. The molecule has 7 nitrogen and oxygen atoms in total. The molecular formula is C18H17Cl2N3O4S. The van der Waals surface area contributed by atoms with Crippen LogP contribution in [0.25, 0.3) is 11.0 Å². The number of rotatable bonds is 7. The second-order valence-electron chi connectivity index (χ2n) is 6.11.